The van der Waals surface area contributed by atoms with Gasteiger partial charge in [-0.2, -0.15) is 5.10 Å². The second kappa shape index (κ2) is 6.92. The largest absolute Gasteiger partial charge is 0.497 e. The molecule has 0 atom stereocenters. The number of fused-ring (bicyclic) bond motifs is 1. The number of rotatable bonds is 5. The molecule has 3 rings (SSSR count). The number of hydrogen-bond acceptors (Lipinski definition) is 4. The minimum absolute atomic E-state index is 0.740. The molecule has 0 saturated carbocycles. The van der Waals surface area contributed by atoms with E-state index in [1.807, 2.05) is 30.3 Å². The van der Waals surface area contributed by atoms with Gasteiger partial charge in [0, 0.05) is 6.20 Å². The number of ether oxygens (including phenoxy) is 1. The van der Waals surface area contributed by atoms with E-state index in [-0.39, 0.29) is 0 Å². The lowest BCUT2D eigenvalue weighted by atomic mass is 10.0. The summed E-state index contributed by atoms with van der Waals surface area (Å²) >= 11 is 0. The van der Waals surface area contributed by atoms with Gasteiger partial charge in [-0.3, -0.25) is 5.43 Å². The van der Waals surface area contributed by atoms with Crippen LogP contribution in [0, 0.1) is 0 Å². The average Bonchev–Trinajstić information content (AvgIpc) is 2.62. The molecule has 0 spiro atoms. The SMILES string of the molecule is CC/C(=N/Nc1ccccn1)c1ccc2cc(OC)ccc2c1. The smallest absolute Gasteiger partial charge is 0.146 e. The Bertz CT molecular complexity index is 828. The van der Waals surface area contributed by atoms with E-state index in [4.69, 9.17) is 4.74 Å². The van der Waals surface area contributed by atoms with E-state index in [1.165, 1.54) is 5.39 Å². The fraction of sp³-hybridized carbons (Fsp3) is 0.158. The van der Waals surface area contributed by atoms with Crippen molar-refractivity contribution in [2.45, 2.75) is 13.3 Å². The Balaban J connectivity index is 1.90. The highest BCUT2D eigenvalue weighted by Gasteiger charge is 2.04. The van der Waals surface area contributed by atoms with Gasteiger partial charge >= 0.3 is 0 Å². The first-order valence-corrected chi connectivity index (χ1v) is 7.62. The second-order valence-electron chi connectivity index (χ2n) is 5.17. The number of anilines is 1. The first kappa shape index (κ1) is 15.0. The van der Waals surface area contributed by atoms with Crippen molar-refractivity contribution in [2.24, 2.45) is 5.10 Å². The summed E-state index contributed by atoms with van der Waals surface area (Å²) in [6.07, 6.45) is 2.58. The Morgan fingerprint density at radius 1 is 1.09 bits per heavy atom. The van der Waals surface area contributed by atoms with Gasteiger partial charge in [0.25, 0.3) is 0 Å². The van der Waals surface area contributed by atoms with Gasteiger partial charge in [0.05, 0.1) is 12.8 Å². The van der Waals surface area contributed by atoms with Crippen LogP contribution in [0.25, 0.3) is 10.8 Å². The number of nitrogens with one attached hydrogen (secondary N) is 1. The molecule has 1 heterocycles. The molecule has 116 valence electrons. The first-order chi connectivity index (χ1) is 11.3. The summed E-state index contributed by atoms with van der Waals surface area (Å²) < 4.78 is 5.27. The monoisotopic (exact) mass is 305 g/mol. The van der Waals surface area contributed by atoms with Crippen LogP contribution in [-0.2, 0) is 0 Å². The number of hydrazone groups is 1. The Morgan fingerprint density at radius 2 is 1.91 bits per heavy atom. The minimum atomic E-state index is 0.740. The average molecular weight is 305 g/mol. The van der Waals surface area contributed by atoms with Gasteiger partial charge in [-0.05, 0) is 53.1 Å². The highest BCUT2D eigenvalue weighted by atomic mass is 16.5. The highest BCUT2D eigenvalue weighted by molar-refractivity contribution is 6.03. The van der Waals surface area contributed by atoms with Crippen LogP contribution in [-0.4, -0.2) is 17.8 Å². The van der Waals surface area contributed by atoms with E-state index in [1.54, 1.807) is 13.3 Å². The van der Waals surface area contributed by atoms with Crippen molar-refractivity contribution in [2.75, 3.05) is 12.5 Å². The third-order valence-electron chi connectivity index (χ3n) is 3.69. The molecular weight excluding hydrogens is 286 g/mol. The van der Waals surface area contributed by atoms with Crippen molar-refractivity contribution in [3.05, 3.63) is 66.4 Å². The molecule has 4 heteroatoms. The summed E-state index contributed by atoms with van der Waals surface area (Å²) in [5, 5.41) is 6.83. The molecule has 0 unspecified atom stereocenters. The molecule has 4 nitrogen and oxygen atoms in total. The molecule has 2 aromatic carbocycles. The number of benzene rings is 2. The summed E-state index contributed by atoms with van der Waals surface area (Å²) in [6.45, 7) is 2.09. The number of methoxy groups -OCH3 is 1. The van der Waals surface area contributed by atoms with Crippen LogP contribution < -0.4 is 10.2 Å². The zero-order valence-electron chi connectivity index (χ0n) is 13.3. The number of hydrogen-bond donors (Lipinski definition) is 1. The Morgan fingerprint density at radius 3 is 2.65 bits per heavy atom. The van der Waals surface area contributed by atoms with E-state index in [9.17, 15) is 0 Å². The molecule has 0 amide bonds. The molecular formula is C19H19N3O. The van der Waals surface area contributed by atoms with Gasteiger partial charge in [-0.1, -0.05) is 31.2 Å². The van der Waals surface area contributed by atoms with Gasteiger partial charge in [-0.25, -0.2) is 4.98 Å². The second-order valence-corrected chi connectivity index (χ2v) is 5.17. The van der Waals surface area contributed by atoms with Crippen LogP contribution >= 0.6 is 0 Å². The maximum atomic E-state index is 5.27. The molecule has 1 N–H and O–H groups in total. The Labute approximate surface area is 135 Å². The summed E-state index contributed by atoms with van der Waals surface area (Å²) in [7, 11) is 1.68. The number of aromatic nitrogens is 1. The van der Waals surface area contributed by atoms with Crippen molar-refractivity contribution < 1.29 is 4.74 Å². The maximum absolute atomic E-state index is 5.27. The Hall–Kier alpha value is -2.88. The quantitative estimate of drug-likeness (QED) is 0.559. The molecule has 0 radical (unpaired) electrons. The molecule has 0 aliphatic heterocycles. The van der Waals surface area contributed by atoms with Crippen molar-refractivity contribution in [1.29, 1.82) is 0 Å². The van der Waals surface area contributed by atoms with Crippen LogP contribution in [0.4, 0.5) is 5.82 Å². The van der Waals surface area contributed by atoms with Crippen LogP contribution in [0.5, 0.6) is 5.75 Å². The van der Waals surface area contributed by atoms with Gasteiger partial charge in [0.15, 0.2) is 0 Å². The minimum Gasteiger partial charge on any atom is -0.497 e. The van der Waals surface area contributed by atoms with E-state index in [0.29, 0.717) is 0 Å². The molecule has 1 aromatic heterocycles. The summed E-state index contributed by atoms with van der Waals surface area (Å²) in [4.78, 5) is 4.22. The van der Waals surface area contributed by atoms with E-state index >= 15 is 0 Å². The molecule has 0 bridgehead atoms. The van der Waals surface area contributed by atoms with Gasteiger partial charge in [0.1, 0.15) is 11.6 Å². The van der Waals surface area contributed by atoms with Crippen molar-refractivity contribution in [3.63, 3.8) is 0 Å². The molecule has 0 aliphatic rings. The predicted molar refractivity (Wildman–Crippen MR) is 95.2 cm³/mol. The van der Waals surface area contributed by atoms with Gasteiger partial charge < -0.3 is 4.74 Å². The van der Waals surface area contributed by atoms with Crippen LogP contribution in [0.2, 0.25) is 0 Å². The Kier molecular flexibility index (Phi) is 4.52. The van der Waals surface area contributed by atoms with E-state index < -0.39 is 0 Å². The molecule has 0 fully saturated rings. The summed E-state index contributed by atoms with van der Waals surface area (Å²) in [5.41, 5.74) is 5.12. The lowest BCUT2D eigenvalue weighted by Crippen LogP contribution is -2.03. The summed E-state index contributed by atoms with van der Waals surface area (Å²) in [6, 6.07) is 18.1. The normalized spacial score (nSPS) is 11.5. The lowest BCUT2D eigenvalue weighted by molar-refractivity contribution is 0.415. The zero-order chi connectivity index (χ0) is 16.1. The predicted octanol–water partition coefficient (Wildman–Crippen LogP) is 4.47. The van der Waals surface area contributed by atoms with E-state index in [0.717, 1.165) is 34.6 Å². The number of pyridine rings is 1. The highest BCUT2D eigenvalue weighted by Crippen LogP contribution is 2.22. The van der Waals surface area contributed by atoms with E-state index in [2.05, 4.69) is 46.7 Å². The summed E-state index contributed by atoms with van der Waals surface area (Å²) in [5.74, 6) is 1.61. The molecule has 0 aliphatic carbocycles. The van der Waals surface area contributed by atoms with Gasteiger partial charge in [0.2, 0.25) is 0 Å². The fourth-order valence-corrected chi connectivity index (χ4v) is 2.43. The van der Waals surface area contributed by atoms with Crippen LogP contribution in [0.3, 0.4) is 0 Å². The third-order valence-corrected chi connectivity index (χ3v) is 3.69. The fourth-order valence-electron chi connectivity index (χ4n) is 2.43. The van der Waals surface area contributed by atoms with Crippen LogP contribution in [0.1, 0.15) is 18.9 Å². The first-order valence-electron chi connectivity index (χ1n) is 7.62. The maximum Gasteiger partial charge on any atom is 0.146 e. The molecule has 23 heavy (non-hydrogen) atoms. The van der Waals surface area contributed by atoms with Crippen molar-refractivity contribution >= 4 is 22.3 Å². The molecule has 0 saturated heterocycles. The topological polar surface area (TPSA) is 46.5 Å². The number of nitrogens with zero attached hydrogens (tertiary/aromatic N) is 2. The lowest BCUT2D eigenvalue weighted by Gasteiger charge is -2.08. The standard InChI is InChI=1S/C19H19N3O/c1-3-18(21-22-19-6-4-5-11-20-19)16-8-7-15-13-17(23-2)10-9-14(15)12-16/h4-13H,3H2,1-2H3,(H,20,22)/b21-18-. The molecule has 3 aromatic rings. The van der Waals surface area contributed by atoms with Crippen molar-refractivity contribution in [3.8, 4) is 5.75 Å². The van der Waals surface area contributed by atoms with Crippen molar-refractivity contribution in [1.82, 2.24) is 4.98 Å². The zero-order valence-corrected chi connectivity index (χ0v) is 13.3. The van der Waals surface area contributed by atoms with Gasteiger partial charge in [-0.15, -0.1) is 0 Å². The third kappa shape index (κ3) is 3.48. The van der Waals surface area contributed by atoms with Crippen LogP contribution in [0.15, 0.2) is 65.9 Å².